The van der Waals surface area contributed by atoms with Gasteiger partial charge in [0.25, 0.3) is 0 Å². The molecule has 33 heavy (non-hydrogen) atoms. The van der Waals surface area contributed by atoms with Gasteiger partial charge in [-0.2, -0.15) is 0 Å². The van der Waals surface area contributed by atoms with Crippen molar-refractivity contribution in [1.82, 2.24) is 0 Å². The van der Waals surface area contributed by atoms with Gasteiger partial charge in [-0.05, 0) is 109 Å². The topological polar surface area (TPSA) is 57.5 Å². The van der Waals surface area contributed by atoms with Crippen molar-refractivity contribution in [2.45, 2.75) is 119 Å². The SMILES string of the molecule is CC1(C)CC[C@]2(C(=O)O)CC[C@]3(C)C(=CCC4C5(C)CCC(O)C(C)(C)C5CC[C@]43C)C2C1. The molecule has 0 aromatic heterocycles. The van der Waals surface area contributed by atoms with Gasteiger partial charge in [-0.1, -0.05) is 60.1 Å². The van der Waals surface area contributed by atoms with E-state index in [0.717, 1.165) is 51.4 Å². The monoisotopic (exact) mass is 456 g/mol. The molecule has 0 amide bonds. The van der Waals surface area contributed by atoms with Crippen LogP contribution in [-0.2, 0) is 4.79 Å². The predicted molar refractivity (Wildman–Crippen MR) is 133 cm³/mol. The summed E-state index contributed by atoms with van der Waals surface area (Å²) < 4.78 is 0. The molecule has 5 aliphatic rings. The molecule has 0 aromatic carbocycles. The quantitative estimate of drug-likeness (QED) is 0.409. The molecule has 5 rings (SSSR count). The number of fused-ring (bicyclic) bond motifs is 7. The number of rotatable bonds is 1. The summed E-state index contributed by atoms with van der Waals surface area (Å²) >= 11 is 0. The molecule has 5 aliphatic carbocycles. The van der Waals surface area contributed by atoms with E-state index in [0.29, 0.717) is 11.8 Å². The van der Waals surface area contributed by atoms with E-state index in [-0.39, 0.29) is 39.1 Å². The van der Waals surface area contributed by atoms with Crippen LogP contribution in [0, 0.1) is 50.2 Å². The maximum atomic E-state index is 12.8. The Morgan fingerprint density at radius 1 is 0.879 bits per heavy atom. The molecular formula is C30H48O3. The zero-order chi connectivity index (χ0) is 24.2. The Hall–Kier alpha value is -0.830. The minimum Gasteiger partial charge on any atom is -0.481 e. The summed E-state index contributed by atoms with van der Waals surface area (Å²) in [6.45, 7) is 16.9. The molecule has 2 N–H and O–H groups in total. The zero-order valence-corrected chi connectivity index (χ0v) is 22.3. The van der Waals surface area contributed by atoms with Gasteiger partial charge in [0.05, 0.1) is 11.5 Å². The Morgan fingerprint density at radius 2 is 1.55 bits per heavy atom. The third kappa shape index (κ3) is 2.87. The average molecular weight is 457 g/mol. The molecule has 0 aliphatic heterocycles. The molecule has 4 fully saturated rings. The summed E-state index contributed by atoms with van der Waals surface area (Å²) in [5.74, 6) is 0.807. The van der Waals surface area contributed by atoms with Crippen molar-refractivity contribution in [2.24, 2.45) is 50.2 Å². The lowest BCUT2D eigenvalue weighted by Crippen LogP contribution is -2.65. The first-order chi connectivity index (χ1) is 15.1. The fourth-order valence-electron chi connectivity index (χ4n) is 10.6. The molecule has 0 heterocycles. The average Bonchev–Trinajstić information content (AvgIpc) is 2.71. The van der Waals surface area contributed by atoms with Crippen LogP contribution in [0.1, 0.15) is 113 Å². The summed E-state index contributed by atoms with van der Waals surface area (Å²) in [6, 6.07) is 0. The second-order valence-corrected chi connectivity index (χ2v) is 15.1. The number of carboxylic acid groups (broad SMARTS) is 1. The standard InChI is InChI=1S/C30H48O3/c1-25(2)14-16-30(24(32)33)17-15-28(6)19(20(30)18-25)8-9-22-27(5)12-11-23(31)26(3,4)21(27)10-13-29(22,28)7/h8,20-23,31H,9-18H2,1-7H3,(H,32,33)/t20?,21?,22?,23?,27?,28-,29-,30+/m1/s1. The van der Waals surface area contributed by atoms with Gasteiger partial charge < -0.3 is 10.2 Å². The van der Waals surface area contributed by atoms with Gasteiger partial charge in [-0.25, -0.2) is 0 Å². The molecule has 5 unspecified atom stereocenters. The van der Waals surface area contributed by atoms with Crippen molar-refractivity contribution < 1.29 is 15.0 Å². The summed E-state index contributed by atoms with van der Waals surface area (Å²) in [5, 5.41) is 21.4. The van der Waals surface area contributed by atoms with Crippen molar-refractivity contribution in [3.63, 3.8) is 0 Å². The first-order valence-electron chi connectivity index (χ1n) is 13.8. The Kier molecular flexibility index (Phi) is 4.99. The molecule has 186 valence electrons. The smallest absolute Gasteiger partial charge is 0.310 e. The number of aliphatic hydroxyl groups excluding tert-OH is 1. The van der Waals surface area contributed by atoms with Crippen LogP contribution in [0.4, 0.5) is 0 Å². The van der Waals surface area contributed by atoms with E-state index >= 15 is 0 Å². The fraction of sp³-hybridized carbons (Fsp3) is 0.900. The number of aliphatic hydroxyl groups is 1. The van der Waals surface area contributed by atoms with Crippen LogP contribution in [-0.4, -0.2) is 22.3 Å². The van der Waals surface area contributed by atoms with Crippen molar-refractivity contribution in [2.75, 3.05) is 0 Å². The highest BCUT2D eigenvalue weighted by molar-refractivity contribution is 5.76. The minimum absolute atomic E-state index is 0.0301. The summed E-state index contributed by atoms with van der Waals surface area (Å²) in [7, 11) is 0. The Bertz CT molecular complexity index is 885. The van der Waals surface area contributed by atoms with Crippen molar-refractivity contribution in [1.29, 1.82) is 0 Å². The van der Waals surface area contributed by atoms with Crippen LogP contribution in [0.15, 0.2) is 11.6 Å². The first-order valence-corrected chi connectivity index (χ1v) is 13.8. The summed E-state index contributed by atoms with van der Waals surface area (Å²) in [5.41, 5.74) is 1.68. The molecule has 4 saturated carbocycles. The lowest BCUT2D eigenvalue weighted by molar-refractivity contribution is -0.205. The number of aliphatic carboxylic acids is 1. The van der Waals surface area contributed by atoms with Crippen LogP contribution in [0.2, 0.25) is 0 Å². The Balaban J connectivity index is 1.60. The zero-order valence-electron chi connectivity index (χ0n) is 22.3. The molecule has 3 heteroatoms. The first kappa shape index (κ1) is 23.9. The van der Waals surface area contributed by atoms with Crippen molar-refractivity contribution >= 4 is 5.97 Å². The van der Waals surface area contributed by atoms with Gasteiger partial charge in [0.2, 0.25) is 0 Å². The highest BCUT2D eigenvalue weighted by Crippen LogP contribution is 2.75. The van der Waals surface area contributed by atoms with Gasteiger partial charge in [0, 0.05) is 0 Å². The Morgan fingerprint density at radius 3 is 2.21 bits per heavy atom. The number of hydrogen-bond acceptors (Lipinski definition) is 2. The summed E-state index contributed by atoms with van der Waals surface area (Å²) in [4.78, 5) is 12.8. The van der Waals surface area contributed by atoms with Gasteiger partial charge in [0.15, 0.2) is 0 Å². The largest absolute Gasteiger partial charge is 0.481 e. The van der Waals surface area contributed by atoms with Crippen LogP contribution in [0.5, 0.6) is 0 Å². The van der Waals surface area contributed by atoms with Crippen LogP contribution in [0.25, 0.3) is 0 Å². The van der Waals surface area contributed by atoms with E-state index in [9.17, 15) is 15.0 Å². The predicted octanol–water partition coefficient (Wildman–Crippen LogP) is 7.23. The highest BCUT2D eigenvalue weighted by atomic mass is 16.4. The molecule has 0 aromatic rings. The second kappa shape index (κ2) is 6.89. The summed E-state index contributed by atoms with van der Waals surface area (Å²) in [6.07, 6.45) is 12.6. The van der Waals surface area contributed by atoms with Crippen LogP contribution < -0.4 is 0 Å². The number of carboxylic acids is 1. The molecule has 0 saturated heterocycles. The molecular weight excluding hydrogens is 408 g/mol. The van der Waals surface area contributed by atoms with Gasteiger partial charge >= 0.3 is 5.97 Å². The van der Waals surface area contributed by atoms with E-state index in [2.05, 4.69) is 54.5 Å². The van der Waals surface area contributed by atoms with E-state index in [4.69, 9.17) is 0 Å². The van der Waals surface area contributed by atoms with Crippen molar-refractivity contribution in [3.05, 3.63) is 11.6 Å². The maximum Gasteiger partial charge on any atom is 0.310 e. The number of allylic oxidation sites excluding steroid dienone is 2. The van der Waals surface area contributed by atoms with Gasteiger partial charge in [0.1, 0.15) is 0 Å². The normalized spacial score (nSPS) is 52.4. The molecule has 0 bridgehead atoms. The van der Waals surface area contributed by atoms with E-state index < -0.39 is 11.4 Å². The molecule has 0 radical (unpaired) electrons. The van der Waals surface area contributed by atoms with Crippen LogP contribution in [0.3, 0.4) is 0 Å². The third-order valence-corrected chi connectivity index (χ3v) is 13.0. The Labute approximate surface area is 201 Å². The van der Waals surface area contributed by atoms with Crippen molar-refractivity contribution in [3.8, 4) is 0 Å². The van der Waals surface area contributed by atoms with E-state index in [1.54, 1.807) is 0 Å². The number of hydrogen-bond donors (Lipinski definition) is 2. The van der Waals surface area contributed by atoms with Gasteiger partial charge in [-0.3, -0.25) is 4.79 Å². The van der Waals surface area contributed by atoms with E-state index in [1.807, 2.05) is 0 Å². The lowest BCUT2D eigenvalue weighted by Gasteiger charge is -2.71. The van der Waals surface area contributed by atoms with E-state index in [1.165, 1.54) is 18.4 Å². The fourth-order valence-corrected chi connectivity index (χ4v) is 10.6. The lowest BCUT2D eigenvalue weighted by atomic mass is 9.33. The minimum atomic E-state index is -0.553. The molecule has 3 nitrogen and oxygen atoms in total. The number of carbonyl (C=O) groups is 1. The molecule has 8 atom stereocenters. The second-order valence-electron chi connectivity index (χ2n) is 15.1. The van der Waals surface area contributed by atoms with Crippen LogP contribution >= 0.6 is 0 Å². The molecule has 0 spiro atoms. The third-order valence-electron chi connectivity index (χ3n) is 13.0. The highest BCUT2D eigenvalue weighted by Gasteiger charge is 2.69. The van der Waals surface area contributed by atoms with Gasteiger partial charge in [-0.15, -0.1) is 0 Å². The maximum absolute atomic E-state index is 12.8.